The quantitative estimate of drug-likeness (QED) is 0.285. The number of ether oxygens (including phenoxy) is 2. The molecule has 5 aromatic rings. The maximum atomic E-state index is 9.42. The number of nitrogens with zero attached hydrogens (tertiary/aromatic N) is 5. The first-order chi connectivity index (χ1) is 18.2. The molecule has 0 N–H and O–H groups in total. The molecule has 0 fully saturated rings. The number of rotatable bonds is 7. The van der Waals surface area contributed by atoms with Gasteiger partial charge in [0.25, 0.3) is 0 Å². The molecule has 7 nitrogen and oxygen atoms in total. The Kier molecular flexibility index (Phi) is 6.61. The van der Waals surface area contributed by atoms with E-state index in [1.54, 1.807) is 31.5 Å². The van der Waals surface area contributed by atoms with Gasteiger partial charge in [-0.05, 0) is 48.6 Å². The molecule has 0 saturated heterocycles. The summed E-state index contributed by atoms with van der Waals surface area (Å²) in [4.78, 5) is 9.28. The Hall–Kier alpha value is -5.40. The molecule has 0 radical (unpaired) electrons. The van der Waals surface area contributed by atoms with Crippen LogP contribution < -0.4 is 9.47 Å². The molecule has 0 amide bonds. The molecule has 178 valence electrons. The van der Waals surface area contributed by atoms with E-state index in [0.717, 1.165) is 22.2 Å². The average Bonchev–Trinajstić information content (AvgIpc) is 3.33. The van der Waals surface area contributed by atoms with Crippen LogP contribution in [0.2, 0.25) is 0 Å². The highest BCUT2D eigenvalue weighted by Gasteiger charge is 2.14. The van der Waals surface area contributed by atoms with Gasteiger partial charge in [0.1, 0.15) is 24.3 Å². The van der Waals surface area contributed by atoms with E-state index in [2.05, 4.69) is 17.1 Å². The first-order valence-corrected chi connectivity index (χ1v) is 11.5. The molecule has 0 atom stereocenters. The Morgan fingerprint density at radius 2 is 1.73 bits per heavy atom. The van der Waals surface area contributed by atoms with E-state index < -0.39 is 0 Å². The first-order valence-electron chi connectivity index (χ1n) is 11.5. The molecule has 0 aliphatic rings. The van der Waals surface area contributed by atoms with Crippen LogP contribution in [0.3, 0.4) is 0 Å². The molecule has 2 heterocycles. The Morgan fingerprint density at radius 1 is 0.892 bits per heavy atom. The molecule has 0 aliphatic carbocycles. The van der Waals surface area contributed by atoms with Crippen LogP contribution in [0.5, 0.6) is 11.5 Å². The van der Waals surface area contributed by atoms with Crippen LogP contribution in [-0.4, -0.2) is 21.6 Å². The van der Waals surface area contributed by atoms with Crippen LogP contribution in [0.1, 0.15) is 28.1 Å². The summed E-state index contributed by atoms with van der Waals surface area (Å²) in [5, 5.41) is 18.6. The Labute approximate surface area is 214 Å². The fourth-order valence-electron chi connectivity index (χ4n) is 4.03. The van der Waals surface area contributed by atoms with Crippen LogP contribution in [0.4, 0.5) is 0 Å². The smallest absolute Gasteiger partial charge is 0.168 e. The maximum Gasteiger partial charge on any atom is 0.168 e. The molecule has 7 heteroatoms. The zero-order valence-corrected chi connectivity index (χ0v) is 20.0. The second-order valence-corrected chi connectivity index (χ2v) is 8.08. The fourth-order valence-corrected chi connectivity index (χ4v) is 4.03. The van der Waals surface area contributed by atoms with Gasteiger partial charge in [0, 0.05) is 17.3 Å². The minimum absolute atomic E-state index is 0.221. The lowest BCUT2D eigenvalue weighted by molar-refractivity contribution is 0.283. The molecular formula is C30H21N5O2. The van der Waals surface area contributed by atoms with Crippen molar-refractivity contribution in [1.82, 2.24) is 14.5 Å². The summed E-state index contributed by atoms with van der Waals surface area (Å²) in [6.07, 6.45) is 5.35. The first kappa shape index (κ1) is 23.3. The van der Waals surface area contributed by atoms with Crippen molar-refractivity contribution in [1.29, 1.82) is 10.5 Å². The van der Waals surface area contributed by atoms with Gasteiger partial charge in [0.2, 0.25) is 0 Å². The van der Waals surface area contributed by atoms with Crippen LogP contribution in [-0.2, 0) is 6.61 Å². The zero-order valence-electron chi connectivity index (χ0n) is 20.0. The molecule has 0 saturated carbocycles. The molecule has 0 aliphatic heterocycles. The number of fused-ring (bicyclic) bond motifs is 1. The van der Waals surface area contributed by atoms with Gasteiger partial charge >= 0.3 is 0 Å². The van der Waals surface area contributed by atoms with Gasteiger partial charge in [-0.15, -0.1) is 0 Å². The summed E-state index contributed by atoms with van der Waals surface area (Å²) >= 11 is 0. The van der Waals surface area contributed by atoms with E-state index in [0.29, 0.717) is 34.3 Å². The Bertz CT molecular complexity index is 1690. The number of aromatic nitrogens is 3. The highest BCUT2D eigenvalue weighted by atomic mass is 16.5. The molecule has 0 spiro atoms. The summed E-state index contributed by atoms with van der Waals surface area (Å²) in [6, 6.07) is 28.6. The van der Waals surface area contributed by atoms with E-state index in [1.807, 2.05) is 77.4 Å². The lowest BCUT2D eigenvalue weighted by Gasteiger charge is -2.14. The summed E-state index contributed by atoms with van der Waals surface area (Å²) in [6.45, 7) is 0.221. The Morgan fingerprint density at radius 3 is 2.51 bits per heavy atom. The predicted octanol–water partition coefficient (Wildman–Crippen LogP) is 5.92. The number of pyridine rings is 1. The SMILES string of the molecule is COc1cccc(/C=C/c2nc3ccccc3n2-c2ccc(C#N)cn2)c1OCc1ccccc1C#N. The van der Waals surface area contributed by atoms with Crippen molar-refractivity contribution in [3.63, 3.8) is 0 Å². The third-order valence-electron chi connectivity index (χ3n) is 5.84. The minimum Gasteiger partial charge on any atom is -0.493 e. The summed E-state index contributed by atoms with van der Waals surface area (Å²) in [5.41, 5.74) is 4.36. The molecule has 37 heavy (non-hydrogen) atoms. The third kappa shape index (κ3) is 4.75. The van der Waals surface area contributed by atoms with Crippen molar-refractivity contribution in [2.75, 3.05) is 7.11 Å². The van der Waals surface area contributed by atoms with E-state index in [-0.39, 0.29) is 6.61 Å². The number of methoxy groups -OCH3 is 1. The van der Waals surface area contributed by atoms with Crippen LogP contribution in [0.15, 0.2) is 85.1 Å². The average molecular weight is 484 g/mol. The normalized spacial score (nSPS) is 10.8. The topological polar surface area (TPSA) is 96.8 Å². The van der Waals surface area contributed by atoms with Crippen LogP contribution >= 0.6 is 0 Å². The van der Waals surface area contributed by atoms with Gasteiger partial charge in [-0.3, -0.25) is 4.57 Å². The van der Waals surface area contributed by atoms with Crippen molar-refractivity contribution < 1.29 is 9.47 Å². The number of hydrogen-bond acceptors (Lipinski definition) is 6. The largest absolute Gasteiger partial charge is 0.493 e. The molecule has 0 bridgehead atoms. The number of para-hydroxylation sites is 3. The standard InChI is InChI=1S/C30H21N5O2/c1-36-27-12-6-9-22(30(27)37-20-24-8-3-2-7-23(24)18-32)14-16-29-34-25-10-4-5-11-26(25)35(29)28-15-13-21(17-31)19-33-28/h2-16,19H,20H2,1H3/b16-14+. The van der Waals surface area contributed by atoms with E-state index >= 15 is 0 Å². The number of nitriles is 2. The minimum atomic E-state index is 0.221. The molecule has 3 aromatic carbocycles. The monoisotopic (exact) mass is 483 g/mol. The summed E-state index contributed by atoms with van der Waals surface area (Å²) in [5.74, 6) is 2.47. The summed E-state index contributed by atoms with van der Waals surface area (Å²) < 4.78 is 13.7. The fraction of sp³-hybridized carbons (Fsp3) is 0.0667. The van der Waals surface area contributed by atoms with Gasteiger partial charge < -0.3 is 9.47 Å². The molecule has 5 rings (SSSR count). The van der Waals surface area contributed by atoms with E-state index in [4.69, 9.17) is 19.7 Å². The van der Waals surface area contributed by atoms with Crippen molar-refractivity contribution in [2.45, 2.75) is 6.61 Å². The highest BCUT2D eigenvalue weighted by Crippen LogP contribution is 2.33. The van der Waals surface area contributed by atoms with Crippen LogP contribution in [0.25, 0.3) is 29.0 Å². The number of imidazole rings is 1. The third-order valence-corrected chi connectivity index (χ3v) is 5.84. The second-order valence-electron chi connectivity index (χ2n) is 8.08. The number of benzene rings is 3. The van der Waals surface area contributed by atoms with Gasteiger partial charge in [-0.2, -0.15) is 10.5 Å². The molecule has 2 aromatic heterocycles. The van der Waals surface area contributed by atoms with Gasteiger partial charge in [-0.25, -0.2) is 9.97 Å². The van der Waals surface area contributed by atoms with Gasteiger partial charge in [0.05, 0.1) is 35.3 Å². The van der Waals surface area contributed by atoms with E-state index in [9.17, 15) is 5.26 Å². The molecule has 0 unspecified atom stereocenters. The summed E-state index contributed by atoms with van der Waals surface area (Å²) in [7, 11) is 1.59. The van der Waals surface area contributed by atoms with Crippen LogP contribution in [0, 0.1) is 22.7 Å². The lowest BCUT2D eigenvalue weighted by Crippen LogP contribution is -2.02. The maximum absolute atomic E-state index is 9.42. The van der Waals surface area contributed by atoms with Gasteiger partial charge in [-0.1, -0.05) is 42.5 Å². The zero-order chi connectivity index (χ0) is 25.6. The van der Waals surface area contributed by atoms with Crippen molar-refractivity contribution in [2.24, 2.45) is 0 Å². The van der Waals surface area contributed by atoms with Gasteiger partial charge in [0.15, 0.2) is 11.5 Å². The van der Waals surface area contributed by atoms with E-state index in [1.165, 1.54) is 0 Å². The lowest BCUT2D eigenvalue weighted by atomic mass is 10.1. The highest BCUT2D eigenvalue weighted by molar-refractivity contribution is 5.82. The second kappa shape index (κ2) is 10.5. The number of hydrogen-bond donors (Lipinski definition) is 0. The molecular weight excluding hydrogens is 462 g/mol. The van der Waals surface area contributed by atoms with Crippen molar-refractivity contribution in [3.05, 3.63) is 113 Å². The van der Waals surface area contributed by atoms with Crippen molar-refractivity contribution >= 4 is 23.2 Å². The van der Waals surface area contributed by atoms with Crippen molar-refractivity contribution in [3.8, 4) is 29.5 Å². The predicted molar refractivity (Wildman–Crippen MR) is 141 cm³/mol. The Balaban J connectivity index is 1.54.